The number of rotatable bonds is 8. The third-order valence-electron chi connectivity index (χ3n) is 9.69. The second kappa shape index (κ2) is 10.9. The van der Waals surface area contributed by atoms with E-state index in [2.05, 4.69) is 21.1 Å². The Hall–Kier alpha value is -4.38. The van der Waals surface area contributed by atoms with Gasteiger partial charge < -0.3 is 24.0 Å². The van der Waals surface area contributed by atoms with Gasteiger partial charge in [-0.05, 0) is 55.9 Å². The fraction of sp³-hybridized carbons (Fsp3) is 0.400. The molecule has 8 nitrogen and oxygen atoms in total. The predicted molar refractivity (Wildman–Crippen MR) is 164 cm³/mol. The zero-order valence-corrected chi connectivity index (χ0v) is 24.9. The summed E-state index contributed by atoms with van der Waals surface area (Å²) in [6.45, 7) is 2.86. The number of nitrogens with zero attached hydrogens (tertiary/aromatic N) is 3. The van der Waals surface area contributed by atoms with Crippen LogP contribution in [0.25, 0.3) is 28.2 Å². The molecule has 1 N–H and O–H groups in total. The first kappa shape index (κ1) is 29.1. The molecule has 238 valence electrons. The molecule has 4 aliphatic rings. The standard InChI is InChI=1S/C35H32F3N3O5/c36-35(37,38)27-4-2-1-3-24(27)31-25(32(46-40-31)21-6-7-21)9-5-20-15-34(16-20)18-41(19-34)22-8-10-28-26(13-22)30(14-29(39-28)33(42)43)45-23-11-12-44-17-23/h1-5,8-10,13-14,20-21,23H,6-7,11-12,15-19H2,(H,42,43)/b9-5+/t23-/m0/s1. The molecule has 4 heterocycles. The average Bonchev–Trinajstić information content (AvgIpc) is 3.54. The lowest BCUT2D eigenvalue weighted by molar-refractivity contribution is -0.137. The lowest BCUT2D eigenvalue weighted by Crippen LogP contribution is -2.62. The summed E-state index contributed by atoms with van der Waals surface area (Å²) in [4.78, 5) is 18.3. The van der Waals surface area contributed by atoms with Gasteiger partial charge in [-0.1, -0.05) is 35.5 Å². The number of carbonyl (C=O) groups is 1. The number of aromatic nitrogens is 2. The zero-order chi connectivity index (χ0) is 31.6. The summed E-state index contributed by atoms with van der Waals surface area (Å²) >= 11 is 0. The van der Waals surface area contributed by atoms with Crippen LogP contribution in [0.15, 0.2) is 59.1 Å². The predicted octanol–water partition coefficient (Wildman–Crippen LogP) is 7.58. The normalized spacial score (nSPS) is 21.2. The second-order valence-electron chi connectivity index (χ2n) is 13.1. The summed E-state index contributed by atoms with van der Waals surface area (Å²) in [6.07, 6.45) is 4.06. The monoisotopic (exact) mass is 631 g/mol. The Morgan fingerprint density at radius 2 is 1.89 bits per heavy atom. The van der Waals surface area contributed by atoms with E-state index in [1.165, 1.54) is 18.2 Å². The van der Waals surface area contributed by atoms with E-state index in [0.29, 0.717) is 41.7 Å². The van der Waals surface area contributed by atoms with Crippen LogP contribution >= 0.6 is 0 Å². The molecule has 0 radical (unpaired) electrons. The van der Waals surface area contributed by atoms with Crippen LogP contribution in [0.1, 0.15) is 65.4 Å². The number of ether oxygens (including phenoxy) is 2. The summed E-state index contributed by atoms with van der Waals surface area (Å²) in [5, 5.41) is 14.5. The molecule has 2 saturated carbocycles. The molecule has 0 amide bonds. The number of carboxylic acid groups (broad SMARTS) is 1. The van der Waals surface area contributed by atoms with Crippen LogP contribution in [0.5, 0.6) is 5.75 Å². The van der Waals surface area contributed by atoms with Crippen LogP contribution in [0.4, 0.5) is 18.9 Å². The number of fused-ring (bicyclic) bond motifs is 1. The average molecular weight is 632 g/mol. The molecule has 2 aliphatic carbocycles. The summed E-state index contributed by atoms with van der Waals surface area (Å²) in [5.74, 6) is 0.597. The molecule has 0 bridgehead atoms. The van der Waals surface area contributed by atoms with Gasteiger partial charge in [-0.15, -0.1) is 0 Å². The number of alkyl halides is 3. The van der Waals surface area contributed by atoms with E-state index < -0.39 is 17.7 Å². The van der Waals surface area contributed by atoms with Crippen LogP contribution in [0.2, 0.25) is 0 Å². The van der Waals surface area contributed by atoms with Crippen LogP contribution in [-0.4, -0.2) is 53.6 Å². The highest BCUT2D eigenvalue weighted by atomic mass is 19.4. The number of pyridine rings is 1. The Labute approximate surface area is 262 Å². The number of hydrogen-bond donors (Lipinski definition) is 1. The van der Waals surface area contributed by atoms with Crippen molar-refractivity contribution >= 4 is 28.6 Å². The van der Waals surface area contributed by atoms with E-state index in [0.717, 1.165) is 62.3 Å². The molecule has 1 atom stereocenters. The zero-order valence-electron chi connectivity index (χ0n) is 24.9. The molecule has 2 aliphatic heterocycles. The number of anilines is 1. The van der Waals surface area contributed by atoms with Gasteiger partial charge >= 0.3 is 12.1 Å². The van der Waals surface area contributed by atoms with E-state index in [1.54, 1.807) is 6.07 Å². The maximum absolute atomic E-state index is 13.8. The molecular formula is C35H32F3N3O5. The molecule has 46 heavy (non-hydrogen) atoms. The lowest BCUT2D eigenvalue weighted by Gasteiger charge is -2.59. The van der Waals surface area contributed by atoms with Crippen molar-refractivity contribution in [3.8, 4) is 17.0 Å². The van der Waals surface area contributed by atoms with E-state index in [4.69, 9.17) is 14.0 Å². The number of carboxylic acids is 1. The van der Waals surface area contributed by atoms with Crippen molar-refractivity contribution in [1.82, 2.24) is 10.1 Å². The summed E-state index contributed by atoms with van der Waals surface area (Å²) < 4.78 is 58.7. The van der Waals surface area contributed by atoms with Gasteiger partial charge in [0, 0.05) is 59.1 Å². The van der Waals surface area contributed by atoms with Crippen molar-refractivity contribution in [2.24, 2.45) is 11.3 Å². The molecule has 4 fully saturated rings. The summed E-state index contributed by atoms with van der Waals surface area (Å²) in [5.41, 5.74) is 1.97. The first-order chi connectivity index (χ1) is 22.2. The van der Waals surface area contributed by atoms with Crippen molar-refractivity contribution in [2.45, 2.75) is 50.3 Å². The Kier molecular flexibility index (Phi) is 6.86. The van der Waals surface area contributed by atoms with Crippen LogP contribution in [0, 0.1) is 11.3 Å². The van der Waals surface area contributed by atoms with Crippen molar-refractivity contribution in [2.75, 3.05) is 31.2 Å². The van der Waals surface area contributed by atoms with Crippen LogP contribution < -0.4 is 9.64 Å². The number of allylic oxidation sites excluding steroid dienone is 1. The smallest absolute Gasteiger partial charge is 0.417 e. The van der Waals surface area contributed by atoms with Crippen molar-refractivity contribution < 1.29 is 37.1 Å². The highest BCUT2D eigenvalue weighted by Gasteiger charge is 2.51. The minimum Gasteiger partial charge on any atom is -0.487 e. The van der Waals surface area contributed by atoms with Gasteiger partial charge in [0.05, 0.1) is 24.3 Å². The van der Waals surface area contributed by atoms with Gasteiger partial charge in [0.2, 0.25) is 0 Å². The summed E-state index contributed by atoms with van der Waals surface area (Å²) in [7, 11) is 0. The van der Waals surface area contributed by atoms with Gasteiger partial charge in [0.25, 0.3) is 0 Å². The number of hydrogen-bond acceptors (Lipinski definition) is 7. The molecule has 1 spiro atoms. The second-order valence-corrected chi connectivity index (χ2v) is 13.1. The summed E-state index contributed by atoms with van der Waals surface area (Å²) in [6, 6.07) is 12.9. The Bertz CT molecular complexity index is 1840. The minimum absolute atomic E-state index is 0.0416. The number of aromatic carboxylic acids is 1. The quantitative estimate of drug-likeness (QED) is 0.213. The number of benzene rings is 2. The Morgan fingerprint density at radius 1 is 1.09 bits per heavy atom. The maximum atomic E-state index is 13.8. The first-order valence-electron chi connectivity index (χ1n) is 15.7. The topological polar surface area (TPSA) is 97.9 Å². The molecule has 8 rings (SSSR count). The Morgan fingerprint density at radius 3 is 2.61 bits per heavy atom. The van der Waals surface area contributed by atoms with E-state index in [-0.39, 0.29) is 34.4 Å². The third kappa shape index (κ3) is 5.30. The highest BCUT2D eigenvalue weighted by molar-refractivity contribution is 5.94. The van der Waals surface area contributed by atoms with Crippen molar-refractivity contribution in [1.29, 1.82) is 0 Å². The minimum atomic E-state index is -4.49. The third-order valence-corrected chi connectivity index (χ3v) is 9.69. The molecule has 2 aromatic heterocycles. The largest absolute Gasteiger partial charge is 0.487 e. The van der Waals surface area contributed by atoms with Crippen LogP contribution in [0.3, 0.4) is 0 Å². The van der Waals surface area contributed by atoms with Crippen molar-refractivity contribution in [3.05, 3.63) is 77.2 Å². The SMILES string of the molecule is O=C(O)c1cc(O[C@H]2CCOC2)c2cc(N3CC4(CC(/C=C/c5c(-c6ccccc6C(F)(F)F)noc5C5CC5)C4)C3)ccc2n1. The molecule has 4 aromatic rings. The van der Waals surface area contributed by atoms with E-state index >= 15 is 0 Å². The first-order valence-corrected chi connectivity index (χ1v) is 15.7. The van der Waals surface area contributed by atoms with Gasteiger partial charge in [-0.2, -0.15) is 13.2 Å². The Balaban J connectivity index is 0.974. The van der Waals surface area contributed by atoms with Gasteiger partial charge in [0.1, 0.15) is 23.3 Å². The van der Waals surface area contributed by atoms with Gasteiger partial charge in [-0.25, -0.2) is 9.78 Å². The van der Waals surface area contributed by atoms with Crippen LogP contribution in [-0.2, 0) is 10.9 Å². The molecular weight excluding hydrogens is 599 g/mol. The lowest BCUT2D eigenvalue weighted by atomic mass is 9.57. The molecule has 2 saturated heterocycles. The van der Waals surface area contributed by atoms with E-state index in [1.807, 2.05) is 24.3 Å². The fourth-order valence-electron chi connectivity index (χ4n) is 7.24. The number of halogens is 3. The van der Waals surface area contributed by atoms with Crippen molar-refractivity contribution in [3.63, 3.8) is 0 Å². The van der Waals surface area contributed by atoms with Gasteiger partial charge in [-0.3, -0.25) is 0 Å². The van der Waals surface area contributed by atoms with Gasteiger partial charge in [0.15, 0.2) is 5.69 Å². The molecule has 0 unspecified atom stereocenters. The highest BCUT2D eigenvalue weighted by Crippen LogP contribution is 2.54. The molecule has 11 heteroatoms. The fourth-order valence-corrected chi connectivity index (χ4v) is 7.24. The maximum Gasteiger partial charge on any atom is 0.417 e. The van der Waals surface area contributed by atoms with E-state index in [9.17, 15) is 23.1 Å². The molecule has 2 aromatic carbocycles.